The summed E-state index contributed by atoms with van der Waals surface area (Å²) in [5.41, 5.74) is 4.65. The van der Waals surface area contributed by atoms with Crippen LogP contribution in [0, 0.1) is 20.8 Å². The van der Waals surface area contributed by atoms with Gasteiger partial charge in [0.2, 0.25) is 5.91 Å². The van der Waals surface area contributed by atoms with E-state index in [4.69, 9.17) is 4.74 Å². The number of hydrogen-bond donors (Lipinski definition) is 1. The van der Waals surface area contributed by atoms with E-state index in [1.54, 1.807) is 18.2 Å². The van der Waals surface area contributed by atoms with Crippen molar-refractivity contribution in [3.05, 3.63) is 52.6 Å². The van der Waals surface area contributed by atoms with Gasteiger partial charge in [-0.05, 0) is 50.1 Å². The Hall–Kier alpha value is -3.15. The Labute approximate surface area is 151 Å². The van der Waals surface area contributed by atoms with Crippen LogP contribution >= 0.6 is 0 Å². The van der Waals surface area contributed by atoms with Crippen molar-refractivity contribution in [2.75, 3.05) is 23.4 Å². The van der Waals surface area contributed by atoms with Crippen LogP contribution in [-0.4, -0.2) is 31.3 Å². The van der Waals surface area contributed by atoms with E-state index in [0.717, 1.165) is 22.4 Å². The summed E-state index contributed by atoms with van der Waals surface area (Å²) in [7, 11) is 0. The van der Waals surface area contributed by atoms with Gasteiger partial charge in [-0.2, -0.15) is 0 Å². The van der Waals surface area contributed by atoms with Gasteiger partial charge in [-0.25, -0.2) is 0 Å². The van der Waals surface area contributed by atoms with Crippen molar-refractivity contribution in [2.24, 2.45) is 0 Å². The minimum atomic E-state index is -0.326. The zero-order valence-corrected chi connectivity index (χ0v) is 15.0. The number of aryl methyl sites for hydroxylation is 3. The lowest BCUT2D eigenvalue weighted by Crippen LogP contribution is -2.43. The molecule has 0 aliphatic carbocycles. The Kier molecular flexibility index (Phi) is 4.75. The molecule has 0 saturated heterocycles. The first-order valence-corrected chi connectivity index (χ1v) is 8.29. The van der Waals surface area contributed by atoms with Crippen molar-refractivity contribution in [3.63, 3.8) is 0 Å². The molecule has 0 atom stereocenters. The molecule has 0 unspecified atom stereocenters. The third-order valence-electron chi connectivity index (χ3n) is 4.31. The summed E-state index contributed by atoms with van der Waals surface area (Å²) in [6.45, 7) is 5.58. The van der Waals surface area contributed by atoms with Crippen LogP contribution in [0.15, 0.2) is 30.3 Å². The second kappa shape index (κ2) is 7.00. The third-order valence-corrected chi connectivity index (χ3v) is 4.31. The lowest BCUT2D eigenvalue weighted by Gasteiger charge is -2.29. The van der Waals surface area contributed by atoms with Crippen LogP contribution in [0.4, 0.5) is 11.4 Å². The summed E-state index contributed by atoms with van der Waals surface area (Å²) in [6, 6.07) is 8.78. The fourth-order valence-corrected chi connectivity index (χ4v) is 3.17. The molecule has 26 heavy (non-hydrogen) atoms. The van der Waals surface area contributed by atoms with E-state index in [-0.39, 0.29) is 25.0 Å². The van der Waals surface area contributed by atoms with Gasteiger partial charge in [-0.1, -0.05) is 17.7 Å². The highest BCUT2D eigenvalue weighted by Gasteiger charge is 2.27. The fourth-order valence-electron chi connectivity index (χ4n) is 3.17. The number of amides is 2. The quantitative estimate of drug-likeness (QED) is 0.859. The average molecular weight is 352 g/mol. The summed E-state index contributed by atoms with van der Waals surface area (Å²) in [5.74, 6) is -0.156. The van der Waals surface area contributed by atoms with Gasteiger partial charge in [0.25, 0.3) is 5.91 Å². The summed E-state index contributed by atoms with van der Waals surface area (Å²) in [5, 5.41) is 2.89. The highest BCUT2D eigenvalue weighted by atomic mass is 16.5. The van der Waals surface area contributed by atoms with Crippen molar-refractivity contribution < 1.29 is 19.1 Å². The molecular formula is C20H20N2O4. The van der Waals surface area contributed by atoms with Crippen LogP contribution < -0.4 is 15.0 Å². The molecule has 2 amide bonds. The number of rotatable bonds is 4. The zero-order valence-electron chi connectivity index (χ0n) is 15.0. The molecule has 6 heteroatoms. The number of carbonyl (C=O) groups excluding carboxylic acids is 3. The van der Waals surface area contributed by atoms with Gasteiger partial charge in [0, 0.05) is 11.3 Å². The smallest absolute Gasteiger partial charge is 0.265 e. The topological polar surface area (TPSA) is 75.7 Å². The van der Waals surface area contributed by atoms with E-state index in [2.05, 4.69) is 5.32 Å². The monoisotopic (exact) mass is 352 g/mol. The first kappa shape index (κ1) is 17.7. The number of nitrogens with zero attached hydrogens (tertiary/aromatic N) is 1. The van der Waals surface area contributed by atoms with Crippen LogP contribution in [0.5, 0.6) is 5.75 Å². The molecule has 0 saturated carbocycles. The molecule has 134 valence electrons. The first-order chi connectivity index (χ1) is 12.4. The maximum absolute atomic E-state index is 12.6. The average Bonchev–Trinajstić information content (AvgIpc) is 2.60. The first-order valence-electron chi connectivity index (χ1n) is 8.29. The number of benzene rings is 2. The van der Waals surface area contributed by atoms with E-state index in [9.17, 15) is 14.4 Å². The Bertz CT molecular complexity index is 882. The minimum absolute atomic E-state index is 0.136. The van der Waals surface area contributed by atoms with Gasteiger partial charge >= 0.3 is 0 Å². The molecule has 0 radical (unpaired) electrons. The molecule has 0 aromatic heterocycles. The van der Waals surface area contributed by atoms with Crippen molar-refractivity contribution in [3.8, 4) is 5.75 Å². The predicted octanol–water partition coefficient (Wildman–Crippen LogP) is 2.79. The maximum Gasteiger partial charge on any atom is 0.265 e. The summed E-state index contributed by atoms with van der Waals surface area (Å²) in [6.07, 6.45) is 0.691. The SMILES string of the molecule is Cc1cc(C)c(NC(=O)CN2C(=O)COc3ccc(C=O)cc32)c(C)c1. The molecule has 2 aromatic rings. The summed E-state index contributed by atoms with van der Waals surface area (Å²) < 4.78 is 5.38. The Balaban J connectivity index is 1.84. The standard InChI is InChI=1S/C20H20N2O4/c1-12-6-13(2)20(14(3)7-12)21-18(24)9-22-16-8-15(10-23)4-5-17(16)26-11-19(22)25/h4-8,10H,9,11H2,1-3H3,(H,21,24). The highest BCUT2D eigenvalue weighted by Crippen LogP contribution is 2.32. The largest absolute Gasteiger partial charge is 0.482 e. The predicted molar refractivity (Wildman–Crippen MR) is 99.0 cm³/mol. The number of ether oxygens (including phenoxy) is 1. The number of aldehydes is 1. The van der Waals surface area contributed by atoms with Crippen LogP contribution in [0.3, 0.4) is 0 Å². The fraction of sp³-hybridized carbons (Fsp3) is 0.250. The Morgan fingerprint density at radius 3 is 2.54 bits per heavy atom. The van der Waals surface area contributed by atoms with Gasteiger partial charge in [0.05, 0.1) is 5.69 Å². The number of fused-ring (bicyclic) bond motifs is 1. The molecule has 6 nitrogen and oxygen atoms in total. The van der Waals surface area contributed by atoms with Crippen LogP contribution in [0.1, 0.15) is 27.0 Å². The summed E-state index contributed by atoms with van der Waals surface area (Å²) in [4.78, 5) is 37.2. The maximum atomic E-state index is 12.6. The van der Waals surface area contributed by atoms with Gasteiger partial charge < -0.3 is 10.1 Å². The van der Waals surface area contributed by atoms with E-state index in [1.807, 2.05) is 32.9 Å². The van der Waals surface area contributed by atoms with E-state index < -0.39 is 0 Å². The van der Waals surface area contributed by atoms with Crippen molar-refractivity contribution in [1.82, 2.24) is 0 Å². The Morgan fingerprint density at radius 2 is 1.88 bits per heavy atom. The van der Waals surface area contributed by atoms with E-state index >= 15 is 0 Å². The summed E-state index contributed by atoms with van der Waals surface area (Å²) >= 11 is 0. The number of anilines is 2. The molecule has 0 spiro atoms. The van der Waals surface area contributed by atoms with E-state index in [1.165, 1.54) is 4.90 Å². The number of nitrogens with one attached hydrogen (secondary N) is 1. The van der Waals surface area contributed by atoms with Crippen LogP contribution in [-0.2, 0) is 9.59 Å². The van der Waals surface area contributed by atoms with Crippen molar-refractivity contribution in [1.29, 1.82) is 0 Å². The molecular weight excluding hydrogens is 332 g/mol. The second-order valence-corrected chi connectivity index (χ2v) is 6.44. The van der Waals surface area contributed by atoms with Crippen LogP contribution in [0.2, 0.25) is 0 Å². The lowest BCUT2D eigenvalue weighted by molar-refractivity contribution is -0.123. The third kappa shape index (κ3) is 3.44. The molecule has 3 rings (SSSR count). The van der Waals surface area contributed by atoms with Crippen LogP contribution in [0.25, 0.3) is 0 Å². The molecule has 2 aromatic carbocycles. The number of hydrogen-bond acceptors (Lipinski definition) is 4. The molecule has 1 heterocycles. The molecule has 1 N–H and O–H groups in total. The highest BCUT2D eigenvalue weighted by molar-refractivity contribution is 6.05. The molecule has 1 aliphatic heterocycles. The van der Waals surface area contributed by atoms with Gasteiger partial charge in [0.15, 0.2) is 6.61 Å². The van der Waals surface area contributed by atoms with Gasteiger partial charge in [0.1, 0.15) is 18.6 Å². The van der Waals surface area contributed by atoms with Crippen molar-refractivity contribution >= 4 is 29.5 Å². The van der Waals surface area contributed by atoms with Gasteiger partial charge in [-0.15, -0.1) is 0 Å². The molecule has 0 fully saturated rings. The second-order valence-electron chi connectivity index (χ2n) is 6.44. The van der Waals surface area contributed by atoms with Crippen molar-refractivity contribution in [2.45, 2.75) is 20.8 Å². The zero-order chi connectivity index (χ0) is 18.8. The minimum Gasteiger partial charge on any atom is -0.482 e. The molecule has 0 bridgehead atoms. The van der Waals surface area contributed by atoms with E-state index in [0.29, 0.717) is 23.3 Å². The normalized spacial score (nSPS) is 13.0. The number of carbonyl (C=O) groups is 3. The lowest BCUT2D eigenvalue weighted by atomic mass is 10.1. The molecule has 1 aliphatic rings. The van der Waals surface area contributed by atoms with Gasteiger partial charge in [-0.3, -0.25) is 19.3 Å². The Morgan fingerprint density at radius 1 is 1.19 bits per heavy atom.